The summed E-state index contributed by atoms with van der Waals surface area (Å²) in [6.45, 7) is 4.85. The van der Waals surface area contributed by atoms with Gasteiger partial charge in [-0.25, -0.2) is 10.4 Å². The highest BCUT2D eigenvalue weighted by atomic mass is 19.4. The fourth-order valence-corrected chi connectivity index (χ4v) is 7.26. The van der Waals surface area contributed by atoms with Crippen LogP contribution in [0.15, 0.2) is 42.5 Å². The first kappa shape index (κ1) is 31.6. The largest absolute Gasteiger partial charge is 0.573 e. The summed E-state index contributed by atoms with van der Waals surface area (Å²) in [4.78, 5) is 17.9. The van der Waals surface area contributed by atoms with Crippen molar-refractivity contribution in [1.29, 1.82) is 0 Å². The van der Waals surface area contributed by atoms with Crippen molar-refractivity contribution in [1.82, 2.24) is 25.7 Å². The Morgan fingerprint density at radius 1 is 1.09 bits per heavy atom. The van der Waals surface area contributed by atoms with Crippen molar-refractivity contribution in [3.05, 3.63) is 53.6 Å². The van der Waals surface area contributed by atoms with E-state index in [2.05, 4.69) is 44.6 Å². The highest BCUT2D eigenvalue weighted by Gasteiger charge is 2.43. The summed E-state index contributed by atoms with van der Waals surface area (Å²) in [7, 11) is 0. The van der Waals surface area contributed by atoms with Crippen molar-refractivity contribution < 1.29 is 27.8 Å². The van der Waals surface area contributed by atoms with E-state index in [-0.39, 0.29) is 47.8 Å². The summed E-state index contributed by atoms with van der Waals surface area (Å²) in [6.07, 6.45) is 0.835. The molecule has 3 aromatic rings. The van der Waals surface area contributed by atoms with E-state index in [1.54, 1.807) is 18.2 Å². The zero-order valence-corrected chi connectivity index (χ0v) is 25.7. The van der Waals surface area contributed by atoms with Gasteiger partial charge in [0.2, 0.25) is 5.95 Å². The molecular weight excluding hydrogens is 585 g/mol. The minimum Gasteiger partial charge on any atom is -0.405 e. The van der Waals surface area contributed by atoms with Gasteiger partial charge in [0.15, 0.2) is 0 Å². The number of nitrogens with one attached hydrogen (secondary N) is 4. The van der Waals surface area contributed by atoms with Crippen LogP contribution >= 0.6 is 0 Å². The molecule has 0 radical (unpaired) electrons. The Morgan fingerprint density at radius 3 is 2.62 bits per heavy atom. The van der Waals surface area contributed by atoms with Crippen LogP contribution in [-0.2, 0) is 0 Å². The molecule has 3 fully saturated rings. The van der Waals surface area contributed by atoms with Gasteiger partial charge in [-0.3, -0.25) is 10.2 Å². The second kappa shape index (κ2) is 13.2. The predicted octanol–water partition coefficient (Wildman–Crippen LogP) is 5.99. The molecule has 45 heavy (non-hydrogen) atoms. The van der Waals surface area contributed by atoms with E-state index in [0.29, 0.717) is 54.3 Å². The number of nitrogens with zero attached hydrogens (tertiary/aromatic N) is 2. The maximum Gasteiger partial charge on any atom is 0.573 e. The van der Waals surface area contributed by atoms with Crippen molar-refractivity contribution in [2.75, 3.05) is 11.9 Å². The average molecular weight is 629 g/mol. The van der Waals surface area contributed by atoms with Gasteiger partial charge in [-0.15, -0.1) is 13.2 Å². The van der Waals surface area contributed by atoms with E-state index >= 15 is 0 Å². The molecule has 4 atom stereocenters. The Hall–Kier alpha value is -3.35. The number of benzene rings is 2. The molecule has 5 N–H and O–H groups in total. The lowest BCUT2D eigenvalue weighted by molar-refractivity contribution is -0.275. The van der Waals surface area contributed by atoms with Crippen LogP contribution in [-0.4, -0.2) is 51.8 Å². The van der Waals surface area contributed by atoms with Crippen molar-refractivity contribution >= 4 is 22.9 Å². The molecule has 9 nitrogen and oxygen atoms in total. The van der Waals surface area contributed by atoms with Gasteiger partial charge in [-0.2, -0.15) is 0 Å². The molecule has 12 heteroatoms. The molecule has 244 valence electrons. The van der Waals surface area contributed by atoms with E-state index < -0.39 is 6.36 Å². The summed E-state index contributed by atoms with van der Waals surface area (Å²) in [5.41, 5.74) is 9.54. The number of hydrogen-bond donors (Lipinski definition) is 5. The Balaban J connectivity index is 1.25. The Kier molecular flexibility index (Phi) is 9.26. The van der Waals surface area contributed by atoms with Crippen LogP contribution in [0.5, 0.6) is 5.75 Å². The molecule has 2 saturated carbocycles. The lowest BCUT2D eigenvalue weighted by atomic mass is 9.74. The van der Waals surface area contributed by atoms with Gasteiger partial charge in [0.25, 0.3) is 5.91 Å². The number of aliphatic hydroxyl groups is 1. The maximum atomic E-state index is 13.2. The Bertz CT molecular complexity index is 1490. The molecule has 1 aromatic heterocycles. The van der Waals surface area contributed by atoms with E-state index in [1.165, 1.54) is 6.07 Å². The number of aliphatic hydroxyl groups excluding tert-OH is 1. The number of halogens is 3. The van der Waals surface area contributed by atoms with Crippen molar-refractivity contribution in [2.45, 2.75) is 102 Å². The average Bonchev–Trinajstić information content (AvgIpc) is 3.57. The Morgan fingerprint density at radius 2 is 1.87 bits per heavy atom. The van der Waals surface area contributed by atoms with Crippen molar-refractivity contribution in [3.8, 4) is 5.75 Å². The van der Waals surface area contributed by atoms with Gasteiger partial charge in [0.1, 0.15) is 5.75 Å². The zero-order valence-electron chi connectivity index (χ0n) is 25.7. The number of ether oxygens (including phenoxy) is 1. The molecule has 3 aliphatic rings. The molecule has 1 amide bonds. The van der Waals surface area contributed by atoms with E-state index in [1.807, 2.05) is 18.2 Å². The first-order valence-electron chi connectivity index (χ1n) is 16.2. The molecule has 1 saturated heterocycles. The monoisotopic (exact) mass is 628 g/mol. The second-order valence-electron chi connectivity index (χ2n) is 13.2. The van der Waals surface area contributed by atoms with Crippen LogP contribution in [0.4, 0.5) is 19.1 Å². The minimum absolute atomic E-state index is 0.0754. The number of fused-ring (bicyclic) bond motifs is 2. The molecule has 4 unspecified atom stereocenters. The third-order valence-electron chi connectivity index (χ3n) is 9.61. The van der Waals surface area contributed by atoms with Crippen molar-refractivity contribution in [3.63, 3.8) is 0 Å². The highest BCUT2D eigenvalue weighted by molar-refractivity contribution is 5.97. The lowest BCUT2D eigenvalue weighted by Crippen LogP contribution is -2.40. The molecule has 2 aliphatic carbocycles. The minimum atomic E-state index is -4.75. The summed E-state index contributed by atoms with van der Waals surface area (Å²) >= 11 is 0. The number of rotatable bonds is 9. The number of hydrogen-bond acceptors (Lipinski definition) is 7. The van der Waals surface area contributed by atoms with E-state index in [0.717, 1.165) is 37.6 Å². The normalized spacial score (nSPS) is 27.0. The van der Waals surface area contributed by atoms with Crippen LogP contribution < -0.4 is 26.2 Å². The van der Waals surface area contributed by atoms with Gasteiger partial charge < -0.3 is 25.0 Å². The zero-order chi connectivity index (χ0) is 31.7. The third kappa shape index (κ3) is 7.23. The van der Waals surface area contributed by atoms with Crippen molar-refractivity contribution in [2.24, 2.45) is 11.8 Å². The number of carbonyl (C=O) groups excluding carboxylic acids is 1. The van der Waals surface area contributed by atoms with Crippen LogP contribution in [0, 0.1) is 11.8 Å². The fourth-order valence-electron chi connectivity index (χ4n) is 7.26. The maximum absolute atomic E-state index is 13.2. The summed E-state index contributed by atoms with van der Waals surface area (Å²) in [5.74, 6) is 0.883. The van der Waals surface area contributed by atoms with Gasteiger partial charge >= 0.3 is 6.36 Å². The number of hydrazine groups is 1. The van der Waals surface area contributed by atoms with Crippen LogP contribution in [0.2, 0.25) is 0 Å². The fraction of sp³-hybridized carbons (Fsp3) is 0.576. The number of para-hydroxylation sites is 1. The van der Waals surface area contributed by atoms with Crippen LogP contribution in [0.25, 0.3) is 11.0 Å². The lowest BCUT2D eigenvalue weighted by Gasteiger charge is -2.34. The number of anilines is 1. The summed E-state index contributed by atoms with van der Waals surface area (Å²) in [5, 5.41) is 16.8. The Labute approximate surface area is 261 Å². The van der Waals surface area contributed by atoms with E-state index in [9.17, 15) is 23.1 Å². The SMILES string of the molecule is CC(C)CCNC(=O)c1ccc2c(c1)nc(NC1NNC3CCC(c4ccccc4OC(F)(F)F)CC31)n2C1CCC(O)CC1. The molecular formula is C33H43F3N6O3. The summed E-state index contributed by atoms with van der Waals surface area (Å²) < 4.78 is 46.1. The number of carbonyl (C=O) groups is 1. The predicted molar refractivity (Wildman–Crippen MR) is 166 cm³/mol. The molecule has 0 bridgehead atoms. The number of imidazole rings is 1. The molecule has 0 spiro atoms. The number of alkyl halides is 3. The van der Waals surface area contributed by atoms with Gasteiger partial charge in [0, 0.05) is 30.1 Å². The molecule has 2 heterocycles. The second-order valence-corrected chi connectivity index (χ2v) is 13.2. The molecule has 6 rings (SSSR count). The number of aromatic nitrogens is 2. The van der Waals surface area contributed by atoms with E-state index in [4.69, 9.17) is 4.98 Å². The standard InChI is InChI=1S/C33H43F3N6O3/c1-19(2)15-16-37-31(44)21-8-14-28-27(18-21)38-32(42(28)22-9-11-23(43)12-10-22)39-30-25-17-20(7-13-26(25)40-41-30)24-5-3-4-6-29(24)45-33(34,35)36/h3-6,8,14,18-20,22-23,25-26,30,40-41,43H,7,9-13,15-17H2,1-2H3,(H,37,44)(H,38,39). The summed E-state index contributed by atoms with van der Waals surface area (Å²) in [6, 6.07) is 12.3. The smallest absolute Gasteiger partial charge is 0.405 e. The van der Waals surface area contributed by atoms with Gasteiger partial charge in [0.05, 0.1) is 23.3 Å². The van der Waals surface area contributed by atoms with Crippen LogP contribution in [0.1, 0.15) is 93.1 Å². The topological polar surface area (TPSA) is 112 Å². The third-order valence-corrected chi connectivity index (χ3v) is 9.61. The van der Waals surface area contributed by atoms with Crippen LogP contribution in [0.3, 0.4) is 0 Å². The highest BCUT2D eigenvalue weighted by Crippen LogP contribution is 2.44. The first-order chi connectivity index (χ1) is 21.6. The van der Waals surface area contributed by atoms with Gasteiger partial charge in [-0.05, 0) is 93.0 Å². The number of amides is 1. The molecule has 1 aliphatic heterocycles. The first-order valence-corrected chi connectivity index (χ1v) is 16.2. The van der Waals surface area contributed by atoms with Gasteiger partial charge in [-0.1, -0.05) is 32.0 Å². The molecule has 2 aromatic carbocycles. The quantitative estimate of drug-likeness (QED) is 0.198.